The first-order valence-corrected chi connectivity index (χ1v) is 10.4. The summed E-state index contributed by atoms with van der Waals surface area (Å²) in [6.45, 7) is 6.75. The largest absolute Gasteiger partial charge is 0.496 e. The highest BCUT2D eigenvalue weighted by atomic mass is 16.6. The third-order valence-corrected chi connectivity index (χ3v) is 5.09. The van der Waals surface area contributed by atoms with Crippen LogP contribution in [0.5, 0.6) is 11.5 Å². The van der Waals surface area contributed by atoms with Gasteiger partial charge in [0, 0.05) is 12.6 Å². The van der Waals surface area contributed by atoms with E-state index in [1.54, 1.807) is 25.3 Å². The molecule has 8 heteroatoms. The van der Waals surface area contributed by atoms with Crippen molar-refractivity contribution in [3.05, 3.63) is 87.2 Å². The molecule has 0 N–H and O–H groups in total. The summed E-state index contributed by atoms with van der Waals surface area (Å²) in [5.74, 6) is 0.851. The second-order valence-electron chi connectivity index (χ2n) is 8.63. The summed E-state index contributed by atoms with van der Waals surface area (Å²) in [5, 5.41) is 15.0. The van der Waals surface area contributed by atoms with E-state index in [4.69, 9.17) is 9.47 Å². The van der Waals surface area contributed by atoms with Crippen LogP contribution >= 0.6 is 0 Å². The van der Waals surface area contributed by atoms with Crippen LogP contribution in [-0.2, 0) is 19.1 Å². The van der Waals surface area contributed by atoms with Crippen molar-refractivity contribution in [3.8, 4) is 11.5 Å². The normalized spacial score (nSPS) is 11.5. The number of hydrogen-bond donors (Lipinski definition) is 0. The molecule has 3 rings (SSSR count). The number of methoxy groups -OCH3 is 1. The molecule has 0 saturated carbocycles. The zero-order valence-corrected chi connectivity index (χ0v) is 19.4. The minimum Gasteiger partial charge on any atom is -0.496 e. The quantitative estimate of drug-likeness (QED) is 0.205. The lowest BCUT2D eigenvalue weighted by atomic mass is 9.87. The Bertz CT molecular complexity index is 1190. The molecular weight excluding hydrogens is 422 g/mol. The maximum absolute atomic E-state index is 12.5. The van der Waals surface area contributed by atoms with E-state index in [0.717, 1.165) is 16.9 Å². The second kappa shape index (κ2) is 9.68. The van der Waals surface area contributed by atoms with Gasteiger partial charge in [-0.25, -0.2) is 0 Å². The van der Waals surface area contributed by atoms with Crippen molar-refractivity contribution in [2.45, 2.75) is 32.8 Å². The second-order valence-corrected chi connectivity index (χ2v) is 8.63. The number of carbonyl (C=O) groups is 1. The molecule has 0 spiro atoms. The monoisotopic (exact) mass is 449 g/mol. The van der Waals surface area contributed by atoms with E-state index in [1.165, 1.54) is 29.6 Å². The number of hydrogen-bond acceptors (Lipinski definition) is 6. The maximum atomic E-state index is 12.5. The third kappa shape index (κ3) is 5.85. The molecule has 172 valence electrons. The number of rotatable bonds is 8. The van der Waals surface area contributed by atoms with Crippen LogP contribution in [0.15, 0.2) is 54.7 Å². The molecule has 0 bridgehead atoms. The minimum atomic E-state index is -0.620. The molecule has 0 aliphatic heterocycles. The Hall–Kier alpha value is -3.94. The van der Waals surface area contributed by atoms with Crippen LogP contribution in [0.3, 0.4) is 0 Å². The summed E-state index contributed by atoms with van der Waals surface area (Å²) in [6, 6.07) is 13.4. The number of benzene rings is 2. The Balaban J connectivity index is 1.75. The predicted octanol–water partition coefficient (Wildman–Crippen LogP) is 5.11. The number of carbonyl (C=O) groups excluding carboxylic acids is 1. The van der Waals surface area contributed by atoms with Crippen LogP contribution in [0.1, 0.15) is 48.0 Å². The van der Waals surface area contributed by atoms with Crippen molar-refractivity contribution in [1.29, 1.82) is 0 Å². The van der Waals surface area contributed by atoms with Crippen molar-refractivity contribution in [2.24, 2.45) is 7.05 Å². The van der Waals surface area contributed by atoms with Crippen LogP contribution in [0, 0.1) is 10.1 Å². The van der Waals surface area contributed by atoms with Crippen LogP contribution in [0.2, 0.25) is 0 Å². The van der Waals surface area contributed by atoms with Gasteiger partial charge in [-0.1, -0.05) is 45.0 Å². The van der Waals surface area contributed by atoms with Crippen molar-refractivity contribution in [1.82, 2.24) is 9.78 Å². The number of ketones is 1. The van der Waals surface area contributed by atoms with E-state index >= 15 is 0 Å². The molecule has 33 heavy (non-hydrogen) atoms. The van der Waals surface area contributed by atoms with Crippen molar-refractivity contribution >= 4 is 17.5 Å². The van der Waals surface area contributed by atoms with Crippen LogP contribution < -0.4 is 9.47 Å². The molecule has 0 unspecified atom stereocenters. The van der Waals surface area contributed by atoms with Crippen LogP contribution in [0.25, 0.3) is 6.08 Å². The lowest BCUT2D eigenvalue weighted by Crippen LogP contribution is -2.10. The van der Waals surface area contributed by atoms with E-state index in [2.05, 4.69) is 25.9 Å². The molecule has 0 saturated heterocycles. The first-order valence-electron chi connectivity index (χ1n) is 10.4. The predicted molar refractivity (Wildman–Crippen MR) is 126 cm³/mol. The molecule has 0 aliphatic rings. The zero-order valence-electron chi connectivity index (χ0n) is 19.4. The highest BCUT2D eigenvalue weighted by Crippen LogP contribution is 2.26. The van der Waals surface area contributed by atoms with Crippen molar-refractivity contribution in [3.63, 3.8) is 0 Å². The molecule has 0 aliphatic carbocycles. The Kier molecular flexibility index (Phi) is 6.96. The van der Waals surface area contributed by atoms with Gasteiger partial charge in [-0.05, 0) is 46.9 Å². The summed E-state index contributed by atoms with van der Waals surface area (Å²) in [5.41, 5.74) is 2.29. The average Bonchev–Trinajstić information content (AvgIpc) is 3.18. The SMILES string of the molecule is COc1ccc(/C=C/C(=O)c2nn(C)cc2[N+](=O)[O-])cc1COc1ccc(C(C)(C)C)cc1. The van der Waals surface area contributed by atoms with Gasteiger partial charge in [0.15, 0.2) is 0 Å². The minimum absolute atomic E-state index is 0.0650. The van der Waals surface area contributed by atoms with Gasteiger partial charge in [-0.3, -0.25) is 19.6 Å². The summed E-state index contributed by atoms with van der Waals surface area (Å²) >= 11 is 0. The first kappa shape index (κ1) is 23.7. The van der Waals surface area contributed by atoms with E-state index < -0.39 is 10.7 Å². The van der Waals surface area contributed by atoms with Gasteiger partial charge in [0.2, 0.25) is 11.5 Å². The smallest absolute Gasteiger partial charge is 0.318 e. The number of nitro groups is 1. The Morgan fingerprint density at radius 3 is 2.48 bits per heavy atom. The molecule has 2 aromatic carbocycles. The fourth-order valence-electron chi connectivity index (χ4n) is 3.26. The van der Waals surface area contributed by atoms with E-state index in [9.17, 15) is 14.9 Å². The molecule has 3 aromatic rings. The maximum Gasteiger partial charge on any atom is 0.318 e. The molecule has 8 nitrogen and oxygen atoms in total. The molecule has 1 aromatic heterocycles. The molecule has 0 radical (unpaired) electrons. The van der Waals surface area contributed by atoms with Gasteiger partial charge in [0.1, 0.15) is 24.3 Å². The fourth-order valence-corrected chi connectivity index (χ4v) is 3.26. The number of allylic oxidation sites excluding steroid dienone is 1. The van der Waals surface area contributed by atoms with E-state index in [0.29, 0.717) is 5.75 Å². The van der Waals surface area contributed by atoms with Gasteiger partial charge in [0.25, 0.3) is 0 Å². The Morgan fingerprint density at radius 1 is 1.18 bits per heavy atom. The Labute approximate surface area is 192 Å². The van der Waals surface area contributed by atoms with Crippen molar-refractivity contribution < 1.29 is 19.2 Å². The number of aryl methyl sites for hydroxylation is 1. The molecule has 0 fully saturated rings. The number of ether oxygens (including phenoxy) is 2. The van der Waals surface area contributed by atoms with Gasteiger partial charge in [-0.2, -0.15) is 5.10 Å². The summed E-state index contributed by atoms with van der Waals surface area (Å²) < 4.78 is 12.6. The summed E-state index contributed by atoms with van der Waals surface area (Å²) in [7, 11) is 3.11. The standard InChI is InChI=1S/C25H27N3O5/c1-25(2,3)19-8-10-20(11-9-19)33-16-18-14-17(7-13-23(18)32-5)6-12-22(29)24-21(28(30)31)15-27(4)26-24/h6-15H,16H2,1-5H3/b12-6+. The highest BCUT2D eigenvalue weighted by Gasteiger charge is 2.23. The van der Waals surface area contributed by atoms with Gasteiger partial charge >= 0.3 is 5.69 Å². The van der Waals surface area contributed by atoms with Crippen LogP contribution in [-0.4, -0.2) is 27.6 Å². The van der Waals surface area contributed by atoms with Crippen molar-refractivity contribution in [2.75, 3.05) is 7.11 Å². The van der Waals surface area contributed by atoms with Gasteiger partial charge < -0.3 is 9.47 Å². The molecule has 1 heterocycles. The van der Waals surface area contributed by atoms with Gasteiger partial charge in [-0.15, -0.1) is 0 Å². The zero-order chi connectivity index (χ0) is 24.2. The van der Waals surface area contributed by atoms with E-state index in [-0.39, 0.29) is 23.4 Å². The average molecular weight is 450 g/mol. The van der Waals surface area contributed by atoms with Crippen LogP contribution in [0.4, 0.5) is 5.69 Å². The first-order chi connectivity index (χ1) is 15.6. The Morgan fingerprint density at radius 2 is 1.88 bits per heavy atom. The number of nitrogens with zero attached hydrogens (tertiary/aromatic N) is 3. The van der Waals surface area contributed by atoms with E-state index in [1.807, 2.05) is 30.3 Å². The third-order valence-electron chi connectivity index (χ3n) is 5.09. The molecule has 0 atom stereocenters. The lowest BCUT2D eigenvalue weighted by molar-refractivity contribution is -0.385. The summed E-state index contributed by atoms with van der Waals surface area (Å²) in [4.78, 5) is 23.0. The summed E-state index contributed by atoms with van der Waals surface area (Å²) in [6.07, 6.45) is 4.06. The highest BCUT2D eigenvalue weighted by molar-refractivity contribution is 6.08. The lowest BCUT2D eigenvalue weighted by Gasteiger charge is -2.19. The number of aromatic nitrogens is 2. The topological polar surface area (TPSA) is 96.5 Å². The fraction of sp³-hybridized carbons (Fsp3) is 0.280. The molecular formula is C25H27N3O5. The molecule has 0 amide bonds. The van der Waals surface area contributed by atoms with Gasteiger partial charge in [0.05, 0.1) is 12.0 Å².